The molecule has 10 heteroatoms. The van der Waals surface area contributed by atoms with Crippen molar-refractivity contribution in [1.29, 1.82) is 0 Å². The predicted molar refractivity (Wildman–Crippen MR) is 106 cm³/mol. The van der Waals surface area contributed by atoms with E-state index in [2.05, 4.69) is 4.90 Å². The van der Waals surface area contributed by atoms with Crippen LogP contribution in [0.5, 0.6) is 11.5 Å². The van der Waals surface area contributed by atoms with E-state index in [9.17, 15) is 20.2 Å². The number of ether oxygens (including phenoxy) is 3. The Hall–Kier alpha value is -3.50. The highest BCUT2D eigenvalue weighted by Crippen LogP contribution is 2.44. The average molecular weight is 413 g/mol. The van der Waals surface area contributed by atoms with Crippen LogP contribution in [0.15, 0.2) is 54.3 Å². The molecule has 0 amide bonds. The van der Waals surface area contributed by atoms with Gasteiger partial charge in [0.25, 0.3) is 11.4 Å². The SMILES string of the molecule is O=[N+]([O-])c1ccc(OC/C=C2/Oc3ccc([N+](=O)[O-])cc3[C@@H]2N2CCOCC2)cc1. The Labute approximate surface area is 171 Å². The second kappa shape index (κ2) is 8.47. The van der Waals surface area contributed by atoms with Crippen LogP contribution in [0.4, 0.5) is 11.4 Å². The fourth-order valence-corrected chi connectivity index (χ4v) is 3.54. The fraction of sp³-hybridized carbons (Fsp3) is 0.300. The predicted octanol–water partition coefficient (Wildman–Crippen LogP) is 3.23. The summed E-state index contributed by atoms with van der Waals surface area (Å²) < 4.78 is 17.1. The van der Waals surface area contributed by atoms with Crippen molar-refractivity contribution in [2.75, 3.05) is 32.9 Å². The first-order chi connectivity index (χ1) is 14.5. The third-order valence-electron chi connectivity index (χ3n) is 4.99. The van der Waals surface area contributed by atoms with E-state index in [-0.39, 0.29) is 24.0 Å². The molecule has 2 aliphatic rings. The smallest absolute Gasteiger partial charge is 0.270 e. The minimum Gasteiger partial charge on any atom is -0.489 e. The number of rotatable bonds is 6. The molecule has 156 valence electrons. The van der Waals surface area contributed by atoms with E-state index in [0.717, 1.165) is 5.56 Å². The van der Waals surface area contributed by atoms with Gasteiger partial charge in [0, 0.05) is 42.9 Å². The number of nitro benzene ring substituents is 2. The van der Waals surface area contributed by atoms with Crippen LogP contribution in [0.2, 0.25) is 0 Å². The van der Waals surface area contributed by atoms with E-state index in [0.29, 0.717) is 43.6 Å². The Bertz CT molecular complexity index is 984. The lowest BCUT2D eigenvalue weighted by Gasteiger charge is -2.32. The fourth-order valence-electron chi connectivity index (χ4n) is 3.54. The number of morpholine rings is 1. The van der Waals surface area contributed by atoms with E-state index >= 15 is 0 Å². The molecule has 0 N–H and O–H groups in total. The van der Waals surface area contributed by atoms with Crippen LogP contribution in [0, 0.1) is 20.2 Å². The summed E-state index contributed by atoms with van der Waals surface area (Å²) in [4.78, 5) is 23.2. The van der Waals surface area contributed by atoms with Gasteiger partial charge in [-0.1, -0.05) is 0 Å². The van der Waals surface area contributed by atoms with Crippen molar-refractivity contribution in [3.05, 3.63) is 80.1 Å². The van der Waals surface area contributed by atoms with Gasteiger partial charge in [0.1, 0.15) is 23.9 Å². The molecule has 0 bridgehead atoms. The largest absolute Gasteiger partial charge is 0.489 e. The van der Waals surface area contributed by atoms with E-state index in [4.69, 9.17) is 14.2 Å². The van der Waals surface area contributed by atoms with E-state index in [1.165, 1.54) is 30.3 Å². The number of nitro groups is 2. The van der Waals surface area contributed by atoms with E-state index in [1.807, 2.05) is 0 Å². The average Bonchev–Trinajstić information content (AvgIpc) is 3.12. The van der Waals surface area contributed by atoms with Gasteiger partial charge < -0.3 is 14.2 Å². The van der Waals surface area contributed by atoms with Crippen molar-refractivity contribution in [2.24, 2.45) is 0 Å². The Morgan fingerprint density at radius 2 is 1.70 bits per heavy atom. The minimum absolute atomic E-state index is 0.00995. The molecule has 1 saturated heterocycles. The normalized spacial score (nSPS) is 19.9. The highest BCUT2D eigenvalue weighted by molar-refractivity contribution is 5.52. The van der Waals surface area contributed by atoms with E-state index in [1.54, 1.807) is 18.2 Å². The van der Waals surface area contributed by atoms with Gasteiger partial charge in [0.2, 0.25) is 0 Å². The maximum atomic E-state index is 11.2. The zero-order valence-corrected chi connectivity index (χ0v) is 15.9. The molecule has 4 rings (SSSR count). The molecule has 0 aromatic heterocycles. The van der Waals surface area contributed by atoms with Crippen molar-refractivity contribution in [3.63, 3.8) is 0 Å². The lowest BCUT2D eigenvalue weighted by molar-refractivity contribution is -0.385. The van der Waals surface area contributed by atoms with Gasteiger partial charge >= 0.3 is 0 Å². The number of nitrogens with zero attached hydrogens (tertiary/aromatic N) is 3. The molecule has 2 heterocycles. The third kappa shape index (κ3) is 4.09. The monoisotopic (exact) mass is 413 g/mol. The minimum atomic E-state index is -0.471. The molecule has 0 unspecified atom stereocenters. The number of hydrogen-bond acceptors (Lipinski definition) is 8. The second-order valence-corrected chi connectivity index (χ2v) is 6.80. The van der Waals surface area contributed by atoms with Crippen molar-refractivity contribution < 1.29 is 24.1 Å². The Morgan fingerprint density at radius 1 is 1.03 bits per heavy atom. The molecule has 0 spiro atoms. The zero-order chi connectivity index (χ0) is 21.1. The molecule has 0 saturated carbocycles. The lowest BCUT2D eigenvalue weighted by Crippen LogP contribution is -2.39. The van der Waals surface area contributed by atoms with Gasteiger partial charge in [-0.3, -0.25) is 25.1 Å². The van der Waals surface area contributed by atoms with Crippen molar-refractivity contribution in [1.82, 2.24) is 4.90 Å². The Balaban J connectivity index is 1.54. The Morgan fingerprint density at radius 3 is 2.37 bits per heavy atom. The summed E-state index contributed by atoms with van der Waals surface area (Å²) in [6, 6.07) is 10.1. The molecule has 2 aliphatic heterocycles. The standard InChI is InChI=1S/C20H19N3O7/c24-22(25)14-1-4-16(5-2-14)29-10-7-19-20(21-8-11-28-12-9-21)17-13-15(23(26)27)3-6-18(17)30-19/h1-7,13,20H,8-12H2/b19-7+/t20-/m0/s1. The first-order valence-corrected chi connectivity index (χ1v) is 9.38. The van der Waals surface area contributed by atoms with Crippen LogP contribution >= 0.6 is 0 Å². The maximum Gasteiger partial charge on any atom is 0.270 e. The van der Waals surface area contributed by atoms with Gasteiger partial charge in [0.15, 0.2) is 0 Å². The first-order valence-electron chi connectivity index (χ1n) is 9.38. The molecular weight excluding hydrogens is 394 g/mol. The summed E-state index contributed by atoms with van der Waals surface area (Å²) in [6.07, 6.45) is 1.79. The Kier molecular flexibility index (Phi) is 5.59. The molecule has 1 atom stereocenters. The van der Waals surface area contributed by atoms with Crippen LogP contribution in [0.1, 0.15) is 11.6 Å². The van der Waals surface area contributed by atoms with Crippen molar-refractivity contribution in [3.8, 4) is 11.5 Å². The molecule has 2 aromatic rings. The molecule has 10 nitrogen and oxygen atoms in total. The highest BCUT2D eigenvalue weighted by Gasteiger charge is 2.36. The summed E-state index contributed by atoms with van der Waals surface area (Å²) in [6.45, 7) is 2.69. The van der Waals surface area contributed by atoms with Crippen molar-refractivity contribution in [2.45, 2.75) is 6.04 Å². The summed E-state index contributed by atoms with van der Waals surface area (Å²) in [7, 11) is 0. The van der Waals surface area contributed by atoms with Crippen LogP contribution in [-0.2, 0) is 4.74 Å². The summed E-state index contributed by atoms with van der Waals surface area (Å²) in [5, 5.41) is 22.0. The van der Waals surface area contributed by atoms with E-state index < -0.39 is 9.85 Å². The maximum absolute atomic E-state index is 11.2. The third-order valence-corrected chi connectivity index (χ3v) is 4.99. The van der Waals surface area contributed by atoms with Crippen LogP contribution in [0.3, 0.4) is 0 Å². The summed E-state index contributed by atoms with van der Waals surface area (Å²) in [5.41, 5.74) is 0.746. The van der Waals surface area contributed by atoms with Crippen molar-refractivity contribution >= 4 is 11.4 Å². The van der Waals surface area contributed by atoms with Crippen LogP contribution in [-0.4, -0.2) is 47.7 Å². The van der Waals surface area contributed by atoms with Gasteiger partial charge in [-0.15, -0.1) is 0 Å². The van der Waals surface area contributed by atoms with Gasteiger partial charge in [-0.05, 0) is 24.3 Å². The zero-order valence-electron chi connectivity index (χ0n) is 15.9. The summed E-state index contributed by atoms with van der Waals surface area (Å²) in [5.74, 6) is 1.71. The van der Waals surface area contributed by atoms with Gasteiger partial charge in [-0.25, -0.2) is 0 Å². The number of hydrogen-bond donors (Lipinski definition) is 0. The molecule has 1 fully saturated rings. The number of non-ortho nitro benzene ring substituents is 2. The van der Waals surface area contributed by atoms with Crippen LogP contribution < -0.4 is 9.47 Å². The number of fused-ring (bicyclic) bond motifs is 1. The molecule has 0 radical (unpaired) electrons. The molecule has 0 aliphatic carbocycles. The second-order valence-electron chi connectivity index (χ2n) is 6.80. The molecule has 2 aromatic carbocycles. The van der Waals surface area contributed by atoms with Gasteiger partial charge in [-0.2, -0.15) is 0 Å². The topological polar surface area (TPSA) is 117 Å². The molecule has 30 heavy (non-hydrogen) atoms. The number of benzene rings is 2. The van der Waals surface area contributed by atoms with Gasteiger partial charge in [0.05, 0.1) is 29.1 Å². The summed E-state index contributed by atoms with van der Waals surface area (Å²) >= 11 is 0. The lowest BCUT2D eigenvalue weighted by atomic mass is 10.0. The first kappa shape index (κ1) is 19.8. The quantitative estimate of drug-likeness (QED) is 0.523. The molecular formula is C20H19N3O7. The highest BCUT2D eigenvalue weighted by atomic mass is 16.6. The van der Waals surface area contributed by atoms with Crippen LogP contribution in [0.25, 0.3) is 0 Å².